The van der Waals surface area contributed by atoms with Crippen molar-refractivity contribution in [3.05, 3.63) is 65.2 Å². The molecule has 3 rings (SSSR count). The predicted molar refractivity (Wildman–Crippen MR) is 114 cm³/mol. The van der Waals surface area contributed by atoms with E-state index < -0.39 is 16.5 Å². The minimum Gasteiger partial charge on any atom is -0.468 e. The fourth-order valence-corrected chi connectivity index (χ4v) is 5.48. The summed E-state index contributed by atoms with van der Waals surface area (Å²) >= 11 is 13.8. The van der Waals surface area contributed by atoms with Gasteiger partial charge in [0.1, 0.15) is 14.8 Å². The zero-order chi connectivity index (χ0) is 19.4. The highest BCUT2D eigenvalue weighted by atomic mass is 35.5. The predicted octanol–water partition coefficient (Wildman–Crippen LogP) is 4.40. The zero-order valence-electron chi connectivity index (χ0n) is 14.3. The third-order valence-electron chi connectivity index (χ3n) is 3.93. The highest BCUT2D eigenvalue weighted by Crippen LogP contribution is 2.38. The Bertz CT molecular complexity index is 845. The van der Waals surface area contributed by atoms with E-state index in [1.807, 2.05) is 42.5 Å². The number of nitrogens with zero attached hydrogens (tertiary/aromatic N) is 1. The van der Waals surface area contributed by atoms with Crippen LogP contribution in [0.15, 0.2) is 59.5 Å². The third-order valence-corrected chi connectivity index (χ3v) is 7.27. The van der Waals surface area contributed by atoms with Gasteiger partial charge in [-0.1, -0.05) is 65.9 Å². The minimum atomic E-state index is -0.701. The van der Waals surface area contributed by atoms with Crippen molar-refractivity contribution in [1.29, 1.82) is 0 Å². The second kappa shape index (κ2) is 9.10. The Morgan fingerprint density at radius 3 is 2.56 bits per heavy atom. The first-order chi connectivity index (χ1) is 13.0. The van der Waals surface area contributed by atoms with Gasteiger partial charge in [-0.2, -0.15) is 0 Å². The molecule has 1 saturated heterocycles. The fourth-order valence-electron chi connectivity index (χ4n) is 2.58. The summed E-state index contributed by atoms with van der Waals surface area (Å²) in [6.07, 6.45) is 0. The summed E-state index contributed by atoms with van der Waals surface area (Å²) < 4.78 is 5.42. The first-order valence-electron chi connectivity index (χ1n) is 8.05. The zero-order valence-corrected chi connectivity index (χ0v) is 17.5. The summed E-state index contributed by atoms with van der Waals surface area (Å²) in [6.45, 7) is 0.390. The molecule has 2 atom stereocenters. The van der Waals surface area contributed by atoms with Crippen molar-refractivity contribution in [2.24, 2.45) is 0 Å². The van der Waals surface area contributed by atoms with Gasteiger partial charge in [-0.3, -0.25) is 14.5 Å². The Balaban J connectivity index is 1.80. The summed E-state index contributed by atoms with van der Waals surface area (Å²) in [5, 5.41) is -0.725. The Morgan fingerprint density at radius 2 is 1.93 bits per heavy atom. The van der Waals surface area contributed by atoms with Crippen LogP contribution in [0.1, 0.15) is 5.56 Å². The molecule has 1 fully saturated rings. The van der Waals surface area contributed by atoms with Crippen LogP contribution in [0.4, 0.5) is 0 Å². The highest BCUT2D eigenvalue weighted by molar-refractivity contribution is 8.24. The molecular weight excluding hydrogens is 422 g/mol. The third kappa shape index (κ3) is 4.85. The van der Waals surface area contributed by atoms with E-state index in [0.29, 0.717) is 15.9 Å². The second-order valence-electron chi connectivity index (χ2n) is 5.73. The Morgan fingerprint density at radius 1 is 1.26 bits per heavy atom. The van der Waals surface area contributed by atoms with Crippen molar-refractivity contribution in [2.45, 2.75) is 21.9 Å². The Labute approximate surface area is 176 Å². The quantitative estimate of drug-likeness (QED) is 0.379. The van der Waals surface area contributed by atoms with E-state index in [9.17, 15) is 9.59 Å². The van der Waals surface area contributed by atoms with E-state index in [4.69, 9.17) is 28.6 Å². The number of hydrogen-bond acceptors (Lipinski definition) is 6. The molecule has 2 aromatic carbocycles. The fraction of sp³-hybridized carbons (Fsp3) is 0.211. The smallest absolute Gasteiger partial charge is 0.320 e. The van der Waals surface area contributed by atoms with Gasteiger partial charge in [-0.25, -0.2) is 0 Å². The average Bonchev–Trinajstić information content (AvgIpc) is 2.96. The van der Waals surface area contributed by atoms with Gasteiger partial charge in [0, 0.05) is 9.92 Å². The maximum absolute atomic E-state index is 13.0. The lowest BCUT2D eigenvalue weighted by Gasteiger charge is -2.20. The monoisotopic (exact) mass is 437 g/mol. The van der Waals surface area contributed by atoms with Crippen LogP contribution in [-0.4, -0.2) is 38.7 Å². The SMILES string of the molecule is COC(=O)C(Sc1ccc(Cl)cc1)C1SC(=S)N(Cc2ccccc2)C1=O. The molecule has 2 aromatic rings. The molecule has 1 amide bonds. The van der Waals surface area contributed by atoms with E-state index in [1.165, 1.54) is 30.6 Å². The number of thiocarbonyl (C=S) groups is 1. The van der Waals surface area contributed by atoms with Crippen LogP contribution in [-0.2, 0) is 20.9 Å². The summed E-state index contributed by atoms with van der Waals surface area (Å²) in [7, 11) is 1.32. The second-order valence-corrected chi connectivity index (χ2v) is 9.16. The van der Waals surface area contributed by atoms with Crippen molar-refractivity contribution >= 4 is 63.5 Å². The molecule has 4 nitrogen and oxygen atoms in total. The normalized spacial score (nSPS) is 17.9. The number of amides is 1. The molecule has 140 valence electrons. The van der Waals surface area contributed by atoms with Crippen LogP contribution in [0, 0.1) is 0 Å². The van der Waals surface area contributed by atoms with Gasteiger partial charge in [-0.15, -0.1) is 11.8 Å². The number of carbonyl (C=O) groups is 2. The number of ether oxygens (including phenoxy) is 1. The Kier molecular flexibility index (Phi) is 6.81. The maximum atomic E-state index is 13.0. The molecule has 0 aliphatic carbocycles. The van der Waals surface area contributed by atoms with Crippen LogP contribution in [0.3, 0.4) is 0 Å². The van der Waals surface area contributed by atoms with Gasteiger partial charge < -0.3 is 4.74 Å². The molecule has 1 aliphatic rings. The van der Waals surface area contributed by atoms with Gasteiger partial charge in [0.15, 0.2) is 0 Å². The van der Waals surface area contributed by atoms with Crippen molar-refractivity contribution in [1.82, 2.24) is 4.90 Å². The molecular formula is C19H16ClNO3S3. The summed E-state index contributed by atoms with van der Waals surface area (Å²) in [5.41, 5.74) is 0.981. The van der Waals surface area contributed by atoms with Crippen molar-refractivity contribution in [3.8, 4) is 0 Å². The van der Waals surface area contributed by atoms with E-state index in [1.54, 1.807) is 17.0 Å². The number of carbonyl (C=O) groups excluding carboxylic acids is 2. The average molecular weight is 438 g/mol. The van der Waals surface area contributed by atoms with Crippen LogP contribution in [0.25, 0.3) is 0 Å². The molecule has 0 spiro atoms. The van der Waals surface area contributed by atoms with Gasteiger partial charge in [-0.05, 0) is 29.8 Å². The van der Waals surface area contributed by atoms with Gasteiger partial charge in [0.2, 0.25) is 5.91 Å². The lowest BCUT2D eigenvalue weighted by molar-refractivity contribution is -0.141. The number of methoxy groups -OCH3 is 1. The topological polar surface area (TPSA) is 46.6 Å². The van der Waals surface area contributed by atoms with E-state index in [-0.39, 0.29) is 5.91 Å². The molecule has 1 aliphatic heterocycles. The van der Waals surface area contributed by atoms with Gasteiger partial charge in [0.25, 0.3) is 0 Å². The summed E-state index contributed by atoms with van der Waals surface area (Å²) in [6, 6.07) is 16.7. The summed E-state index contributed by atoms with van der Waals surface area (Å²) in [5.74, 6) is -0.629. The molecule has 27 heavy (non-hydrogen) atoms. The van der Waals surface area contributed by atoms with E-state index in [2.05, 4.69) is 0 Å². The highest BCUT2D eigenvalue weighted by Gasteiger charge is 2.45. The van der Waals surface area contributed by atoms with Crippen molar-refractivity contribution in [2.75, 3.05) is 7.11 Å². The molecule has 1 heterocycles. The molecule has 0 radical (unpaired) electrons. The molecule has 0 bridgehead atoms. The van der Waals surface area contributed by atoms with Crippen LogP contribution in [0.5, 0.6) is 0 Å². The molecule has 0 N–H and O–H groups in total. The molecule has 0 aromatic heterocycles. The lowest BCUT2D eigenvalue weighted by atomic mass is 10.2. The number of thioether (sulfide) groups is 2. The van der Waals surface area contributed by atoms with Gasteiger partial charge in [0.05, 0.1) is 13.7 Å². The lowest BCUT2D eigenvalue weighted by Crippen LogP contribution is -2.38. The van der Waals surface area contributed by atoms with E-state index in [0.717, 1.165) is 10.5 Å². The van der Waals surface area contributed by atoms with E-state index >= 15 is 0 Å². The standard InChI is InChI=1S/C19H16ClNO3S3/c1-24-18(23)16(26-14-9-7-13(20)8-10-14)15-17(22)21(19(25)27-15)11-12-5-3-2-4-6-12/h2-10,15-16H,11H2,1H3. The number of hydrogen-bond donors (Lipinski definition) is 0. The first kappa shape index (κ1) is 20.2. The van der Waals surface area contributed by atoms with Crippen molar-refractivity contribution in [3.63, 3.8) is 0 Å². The first-order valence-corrected chi connectivity index (χ1v) is 10.6. The maximum Gasteiger partial charge on any atom is 0.320 e. The Hall–Kier alpha value is -1.54. The molecule has 0 saturated carbocycles. The minimum absolute atomic E-state index is 0.175. The largest absolute Gasteiger partial charge is 0.468 e. The number of halogens is 1. The molecule has 8 heteroatoms. The van der Waals surface area contributed by atoms with Crippen molar-refractivity contribution < 1.29 is 14.3 Å². The van der Waals surface area contributed by atoms with Crippen LogP contribution < -0.4 is 0 Å². The molecule has 2 unspecified atom stereocenters. The summed E-state index contributed by atoms with van der Waals surface area (Å²) in [4.78, 5) is 27.8. The number of rotatable bonds is 6. The van der Waals surface area contributed by atoms with Crippen LogP contribution in [0.2, 0.25) is 5.02 Å². The van der Waals surface area contributed by atoms with Crippen LogP contribution >= 0.6 is 47.3 Å². The number of benzene rings is 2. The van der Waals surface area contributed by atoms with Gasteiger partial charge >= 0.3 is 5.97 Å². The number of esters is 1.